The van der Waals surface area contributed by atoms with Gasteiger partial charge >= 0.3 is 0 Å². The molecule has 2 nitrogen and oxygen atoms in total. The van der Waals surface area contributed by atoms with Crippen LogP contribution in [0.25, 0.3) is 0 Å². The Morgan fingerprint density at radius 1 is 1.22 bits per heavy atom. The van der Waals surface area contributed by atoms with Crippen molar-refractivity contribution in [2.75, 3.05) is 13.2 Å². The summed E-state index contributed by atoms with van der Waals surface area (Å²) in [6, 6.07) is 0. The molecular formula is C16H31NO. The second-order valence-corrected chi connectivity index (χ2v) is 6.58. The zero-order valence-electron chi connectivity index (χ0n) is 12.1. The van der Waals surface area contributed by atoms with E-state index in [-0.39, 0.29) is 0 Å². The van der Waals surface area contributed by atoms with Crippen LogP contribution in [0.5, 0.6) is 0 Å². The van der Waals surface area contributed by atoms with Crippen LogP contribution in [-0.4, -0.2) is 19.3 Å². The predicted octanol–water partition coefficient (Wildman–Crippen LogP) is 3.88. The molecule has 0 radical (unpaired) electrons. The lowest BCUT2D eigenvalue weighted by atomic mass is 9.67. The Bertz CT molecular complexity index is 227. The van der Waals surface area contributed by atoms with Crippen LogP contribution in [0, 0.1) is 11.3 Å². The summed E-state index contributed by atoms with van der Waals surface area (Å²) in [5.74, 6) is 0.975. The van der Waals surface area contributed by atoms with E-state index in [0.29, 0.717) is 11.5 Å². The fourth-order valence-electron chi connectivity index (χ4n) is 3.83. The van der Waals surface area contributed by atoms with Crippen LogP contribution >= 0.6 is 0 Å². The van der Waals surface area contributed by atoms with Crippen molar-refractivity contribution >= 4 is 0 Å². The van der Waals surface area contributed by atoms with E-state index in [4.69, 9.17) is 10.5 Å². The number of hydrogen-bond donors (Lipinski definition) is 1. The Balaban J connectivity index is 1.71. The van der Waals surface area contributed by atoms with E-state index < -0.39 is 0 Å². The smallest absolute Gasteiger partial charge is 0.0576 e. The van der Waals surface area contributed by atoms with Gasteiger partial charge in [0.05, 0.1) is 6.10 Å². The highest BCUT2D eigenvalue weighted by molar-refractivity contribution is 4.86. The molecule has 0 aromatic heterocycles. The molecule has 1 saturated heterocycles. The molecule has 1 aliphatic heterocycles. The maximum absolute atomic E-state index is 6.09. The van der Waals surface area contributed by atoms with Gasteiger partial charge in [-0.15, -0.1) is 0 Å². The van der Waals surface area contributed by atoms with Gasteiger partial charge in [0, 0.05) is 6.61 Å². The molecule has 0 spiro atoms. The molecule has 1 unspecified atom stereocenters. The Kier molecular flexibility index (Phi) is 5.50. The van der Waals surface area contributed by atoms with Gasteiger partial charge in [-0.1, -0.05) is 19.8 Å². The summed E-state index contributed by atoms with van der Waals surface area (Å²) in [5.41, 5.74) is 6.56. The molecule has 0 aromatic carbocycles. The normalized spacial score (nSPS) is 37.0. The first-order chi connectivity index (χ1) is 8.78. The summed E-state index contributed by atoms with van der Waals surface area (Å²) < 4.78 is 5.71. The second kappa shape index (κ2) is 6.91. The number of nitrogens with two attached hydrogens (primary N) is 1. The van der Waals surface area contributed by atoms with Crippen LogP contribution < -0.4 is 5.73 Å². The molecule has 106 valence electrons. The quantitative estimate of drug-likeness (QED) is 0.779. The molecule has 2 N–H and O–H groups in total. The first kappa shape index (κ1) is 14.3. The van der Waals surface area contributed by atoms with Gasteiger partial charge in [-0.05, 0) is 69.2 Å². The fraction of sp³-hybridized carbons (Fsp3) is 1.00. The van der Waals surface area contributed by atoms with Crippen LogP contribution in [0.3, 0.4) is 0 Å². The minimum absolute atomic E-state index is 0.476. The van der Waals surface area contributed by atoms with Crippen LogP contribution in [-0.2, 0) is 4.74 Å². The van der Waals surface area contributed by atoms with Gasteiger partial charge in [0.2, 0.25) is 0 Å². The Labute approximate surface area is 113 Å². The third kappa shape index (κ3) is 3.71. The zero-order chi connectivity index (χ0) is 12.8. The molecule has 2 heteroatoms. The van der Waals surface area contributed by atoms with Gasteiger partial charge in [0.25, 0.3) is 0 Å². The van der Waals surface area contributed by atoms with E-state index in [1.807, 2.05) is 0 Å². The van der Waals surface area contributed by atoms with Gasteiger partial charge in [-0.2, -0.15) is 0 Å². The van der Waals surface area contributed by atoms with E-state index in [1.54, 1.807) is 0 Å². The fourth-order valence-corrected chi connectivity index (χ4v) is 3.83. The first-order valence-corrected chi connectivity index (χ1v) is 8.10. The van der Waals surface area contributed by atoms with Crippen molar-refractivity contribution in [2.24, 2.45) is 17.1 Å². The van der Waals surface area contributed by atoms with Crippen LogP contribution in [0.2, 0.25) is 0 Å². The Morgan fingerprint density at radius 2 is 2.00 bits per heavy atom. The summed E-state index contributed by atoms with van der Waals surface area (Å²) >= 11 is 0. The summed E-state index contributed by atoms with van der Waals surface area (Å²) in [7, 11) is 0. The Hall–Kier alpha value is -0.0800. The molecule has 0 aromatic rings. The number of ether oxygens (including phenoxy) is 1. The van der Waals surface area contributed by atoms with Crippen molar-refractivity contribution in [1.82, 2.24) is 0 Å². The van der Waals surface area contributed by atoms with Crippen molar-refractivity contribution in [2.45, 2.75) is 77.2 Å². The molecule has 18 heavy (non-hydrogen) atoms. The maximum atomic E-state index is 6.09. The van der Waals surface area contributed by atoms with Crippen molar-refractivity contribution in [3.05, 3.63) is 0 Å². The summed E-state index contributed by atoms with van der Waals surface area (Å²) in [6.07, 6.45) is 13.9. The van der Waals surface area contributed by atoms with Crippen LogP contribution in [0.4, 0.5) is 0 Å². The van der Waals surface area contributed by atoms with Crippen LogP contribution in [0.1, 0.15) is 71.1 Å². The lowest BCUT2D eigenvalue weighted by Crippen LogP contribution is -2.35. The van der Waals surface area contributed by atoms with Gasteiger partial charge in [0.15, 0.2) is 0 Å². The highest BCUT2D eigenvalue weighted by Gasteiger charge is 2.33. The highest BCUT2D eigenvalue weighted by Crippen LogP contribution is 2.43. The minimum atomic E-state index is 0.476. The summed E-state index contributed by atoms with van der Waals surface area (Å²) in [4.78, 5) is 0. The molecule has 2 aliphatic rings. The molecule has 2 rings (SSSR count). The SMILES string of the molecule is CCC1CCC(CN)(CCCC2CCCO2)CC1. The molecule has 1 atom stereocenters. The van der Waals surface area contributed by atoms with E-state index in [9.17, 15) is 0 Å². The largest absolute Gasteiger partial charge is 0.378 e. The average Bonchev–Trinajstić information content (AvgIpc) is 2.93. The van der Waals surface area contributed by atoms with Gasteiger partial charge in [-0.25, -0.2) is 0 Å². The van der Waals surface area contributed by atoms with Crippen molar-refractivity contribution in [1.29, 1.82) is 0 Å². The van der Waals surface area contributed by atoms with E-state index in [0.717, 1.165) is 19.1 Å². The van der Waals surface area contributed by atoms with E-state index in [2.05, 4.69) is 6.92 Å². The lowest BCUT2D eigenvalue weighted by Gasteiger charge is -2.39. The first-order valence-electron chi connectivity index (χ1n) is 8.10. The molecular weight excluding hydrogens is 222 g/mol. The summed E-state index contributed by atoms with van der Waals surface area (Å²) in [5, 5.41) is 0. The maximum Gasteiger partial charge on any atom is 0.0576 e. The van der Waals surface area contributed by atoms with Gasteiger partial charge < -0.3 is 10.5 Å². The number of hydrogen-bond acceptors (Lipinski definition) is 2. The zero-order valence-corrected chi connectivity index (χ0v) is 12.1. The van der Waals surface area contributed by atoms with Crippen molar-refractivity contribution in [3.63, 3.8) is 0 Å². The third-order valence-electron chi connectivity index (χ3n) is 5.43. The molecule has 0 bridgehead atoms. The molecule has 1 saturated carbocycles. The van der Waals surface area contributed by atoms with E-state index >= 15 is 0 Å². The molecule has 0 amide bonds. The van der Waals surface area contributed by atoms with E-state index in [1.165, 1.54) is 64.2 Å². The minimum Gasteiger partial charge on any atom is -0.378 e. The lowest BCUT2D eigenvalue weighted by molar-refractivity contribution is 0.0895. The summed E-state index contributed by atoms with van der Waals surface area (Å²) in [6.45, 7) is 4.22. The average molecular weight is 253 g/mol. The third-order valence-corrected chi connectivity index (χ3v) is 5.43. The Morgan fingerprint density at radius 3 is 2.56 bits per heavy atom. The standard InChI is InChI=1S/C16H31NO/c1-2-14-7-10-16(13-17,11-8-14)9-3-5-15-6-4-12-18-15/h14-15H,2-13,17H2,1H3. The van der Waals surface area contributed by atoms with Crippen molar-refractivity contribution < 1.29 is 4.74 Å². The topological polar surface area (TPSA) is 35.2 Å². The molecule has 2 fully saturated rings. The number of rotatable bonds is 6. The van der Waals surface area contributed by atoms with Crippen LogP contribution in [0.15, 0.2) is 0 Å². The molecule has 1 aliphatic carbocycles. The second-order valence-electron chi connectivity index (χ2n) is 6.58. The molecule has 1 heterocycles. The monoisotopic (exact) mass is 253 g/mol. The predicted molar refractivity (Wildman–Crippen MR) is 76.6 cm³/mol. The highest BCUT2D eigenvalue weighted by atomic mass is 16.5. The van der Waals surface area contributed by atoms with Crippen molar-refractivity contribution in [3.8, 4) is 0 Å². The van der Waals surface area contributed by atoms with Gasteiger partial charge in [-0.3, -0.25) is 0 Å². The van der Waals surface area contributed by atoms with Gasteiger partial charge in [0.1, 0.15) is 0 Å².